The number of methoxy groups -OCH3 is 1. The third kappa shape index (κ3) is 3.53. The number of hydrogen-bond donors (Lipinski definition) is 2. The van der Waals surface area contributed by atoms with Crippen molar-refractivity contribution in [1.82, 2.24) is 24.5 Å². The van der Waals surface area contributed by atoms with Gasteiger partial charge in [0.15, 0.2) is 15.7 Å². The number of aromatic amines is 1. The van der Waals surface area contributed by atoms with E-state index >= 15 is 0 Å². The van der Waals surface area contributed by atoms with Gasteiger partial charge in [0.2, 0.25) is 0 Å². The maximum atomic E-state index is 13.1. The number of nitrogen functional groups attached to an aromatic ring is 1. The Morgan fingerprint density at radius 1 is 1.25 bits per heavy atom. The van der Waals surface area contributed by atoms with Crippen LogP contribution >= 0.6 is 0 Å². The molecule has 174 valence electrons. The Labute approximate surface area is 186 Å². The summed E-state index contributed by atoms with van der Waals surface area (Å²) in [7, 11) is 0.354. The van der Waals surface area contributed by atoms with Crippen molar-refractivity contribution in [2.24, 2.45) is 13.0 Å². The first-order valence-electron chi connectivity index (χ1n) is 10.7. The summed E-state index contributed by atoms with van der Waals surface area (Å²) in [6, 6.07) is 1.85. The number of nitrogens with zero attached hydrogens (tertiary/aromatic N) is 4. The van der Waals surface area contributed by atoms with Crippen LogP contribution in [-0.2, 0) is 27.2 Å². The minimum absolute atomic E-state index is 0.0583. The molecule has 1 atom stereocenters. The van der Waals surface area contributed by atoms with Gasteiger partial charge in [0.25, 0.3) is 5.56 Å². The number of ether oxygens (including phenoxy) is 1. The van der Waals surface area contributed by atoms with E-state index in [4.69, 9.17) is 15.6 Å². The summed E-state index contributed by atoms with van der Waals surface area (Å²) in [5.74, 6) is 0.517. The van der Waals surface area contributed by atoms with E-state index in [9.17, 15) is 13.2 Å². The molecule has 3 aromatic heterocycles. The minimum Gasteiger partial charge on any atom is -0.382 e. The highest BCUT2D eigenvalue weighted by Crippen LogP contribution is 2.39. The monoisotopic (exact) mass is 462 g/mol. The highest BCUT2D eigenvalue weighted by molar-refractivity contribution is 7.91. The van der Waals surface area contributed by atoms with Crippen LogP contribution in [0.4, 0.5) is 5.82 Å². The summed E-state index contributed by atoms with van der Waals surface area (Å²) in [5.41, 5.74) is 7.75. The molecule has 0 unspecified atom stereocenters. The predicted octanol–water partition coefficient (Wildman–Crippen LogP) is 1.97. The number of hydrogen-bond acceptors (Lipinski definition) is 7. The van der Waals surface area contributed by atoms with Gasteiger partial charge in [-0.2, -0.15) is 10.2 Å². The number of sulfone groups is 1. The molecule has 4 rings (SSSR count). The lowest BCUT2D eigenvalue weighted by molar-refractivity contribution is -0.0296. The van der Waals surface area contributed by atoms with Gasteiger partial charge in [0.1, 0.15) is 11.0 Å². The molecule has 0 aliphatic carbocycles. The van der Waals surface area contributed by atoms with Crippen LogP contribution in [0.15, 0.2) is 17.1 Å². The molecule has 11 heteroatoms. The van der Waals surface area contributed by atoms with Gasteiger partial charge in [0.05, 0.1) is 28.4 Å². The molecular weight excluding hydrogens is 432 g/mol. The predicted molar refractivity (Wildman–Crippen MR) is 123 cm³/mol. The first-order valence-corrected chi connectivity index (χ1v) is 12.5. The van der Waals surface area contributed by atoms with Crippen molar-refractivity contribution in [3.63, 3.8) is 0 Å². The Hall–Kier alpha value is -2.66. The van der Waals surface area contributed by atoms with Crippen LogP contribution in [0.25, 0.3) is 22.2 Å². The van der Waals surface area contributed by atoms with E-state index in [0.717, 1.165) is 5.69 Å². The molecule has 0 saturated carbocycles. The Morgan fingerprint density at radius 3 is 2.50 bits per heavy atom. The van der Waals surface area contributed by atoms with E-state index in [2.05, 4.69) is 24.0 Å². The summed E-state index contributed by atoms with van der Waals surface area (Å²) in [6.07, 6.45) is 2.52. The summed E-state index contributed by atoms with van der Waals surface area (Å²) < 4.78 is 33.3. The van der Waals surface area contributed by atoms with Crippen molar-refractivity contribution in [2.45, 2.75) is 45.3 Å². The smallest absolute Gasteiger partial charge is 0.264 e. The van der Waals surface area contributed by atoms with Gasteiger partial charge in [0, 0.05) is 32.0 Å². The Kier molecular flexibility index (Phi) is 5.44. The molecule has 0 radical (unpaired) electrons. The lowest BCUT2D eigenvalue weighted by Crippen LogP contribution is -2.40. The van der Waals surface area contributed by atoms with Crippen molar-refractivity contribution >= 4 is 26.6 Å². The molecule has 0 bridgehead atoms. The van der Waals surface area contributed by atoms with Gasteiger partial charge in [-0.1, -0.05) is 13.8 Å². The molecule has 1 fully saturated rings. The molecule has 4 heterocycles. The summed E-state index contributed by atoms with van der Waals surface area (Å²) in [4.78, 5) is 13.1. The fourth-order valence-electron chi connectivity index (χ4n) is 4.43. The van der Waals surface area contributed by atoms with Crippen LogP contribution in [0.5, 0.6) is 0 Å². The van der Waals surface area contributed by atoms with Gasteiger partial charge in [-0.05, 0) is 31.7 Å². The lowest BCUT2D eigenvalue weighted by Gasteiger charge is -2.35. The van der Waals surface area contributed by atoms with Crippen LogP contribution < -0.4 is 11.3 Å². The Balaban J connectivity index is 1.90. The fourth-order valence-corrected chi connectivity index (χ4v) is 5.92. The van der Waals surface area contributed by atoms with E-state index in [0.29, 0.717) is 35.0 Å². The summed E-state index contributed by atoms with van der Waals surface area (Å²) in [6.45, 7) is 6.10. The molecule has 3 aromatic rings. The average molecular weight is 463 g/mol. The van der Waals surface area contributed by atoms with E-state index in [1.807, 2.05) is 20.0 Å². The molecule has 10 nitrogen and oxygen atoms in total. The Morgan fingerprint density at radius 2 is 1.91 bits per heavy atom. The van der Waals surface area contributed by atoms with Gasteiger partial charge < -0.3 is 15.0 Å². The first-order chi connectivity index (χ1) is 15.0. The van der Waals surface area contributed by atoms with Crippen molar-refractivity contribution in [2.75, 3.05) is 24.3 Å². The molecule has 0 aromatic carbocycles. The molecule has 0 spiro atoms. The second-order valence-corrected chi connectivity index (χ2v) is 11.3. The standard InChI is InChI=1S/C21H30N6O4S/c1-12(2)13(3)27-11-14(18-17(20(27)28)19(22)24-23-18)15-10-16(26(4)25-15)21(31-5)6-8-32(29,30)9-7-21/h10-13H,6-9H2,1-5H3,(H3,22,23,24)/t13-/m0/s1. The van der Waals surface area contributed by atoms with E-state index < -0.39 is 15.4 Å². The largest absolute Gasteiger partial charge is 0.382 e. The minimum atomic E-state index is -3.06. The summed E-state index contributed by atoms with van der Waals surface area (Å²) >= 11 is 0. The number of aromatic nitrogens is 5. The van der Waals surface area contributed by atoms with Crippen LogP contribution in [0.1, 0.15) is 45.3 Å². The number of fused-ring (bicyclic) bond motifs is 1. The number of H-pyrrole nitrogens is 1. The van der Waals surface area contributed by atoms with Gasteiger partial charge in [-0.15, -0.1) is 0 Å². The highest BCUT2D eigenvalue weighted by atomic mass is 32.2. The molecule has 32 heavy (non-hydrogen) atoms. The number of aryl methyl sites for hydroxylation is 1. The average Bonchev–Trinajstić information content (AvgIpc) is 3.32. The number of pyridine rings is 1. The van der Waals surface area contributed by atoms with E-state index in [1.54, 1.807) is 22.6 Å². The molecule has 1 saturated heterocycles. The second-order valence-electron chi connectivity index (χ2n) is 8.99. The molecule has 1 aliphatic rings. The zero-order valence-corrected chi connectivity index (χ0v) is 19.9. The van der Waals surface area contributed by atoms with Crippen molar-refractivity contribution in [3.8, 4) is 11.3 Å². The number of anilines is 1. The van der Waals surface area contributed by atoms with Crippen LogP contribution in [0.2, 0.25) is 0 Å². The Bertz CT molecular complexity index is 1320. The second kappa shape index (κ2) is 7.73. The maximum absolute atomic E-state index is 13.1. The third-order valence-corrected chi connectivity index (χ3v) is 8.48. The fraction of sp³-hybridized carbons (Fsp3) is 0.571. The van der Waals surface area contributed by atoms with Crippen molar-refractivity contribution in [3.05, 3.63) is 28.3 Å². The van der Waals surface area contributed by atoms with E-state index in [-0.39, 0.29) is 34.8 Å². The van der Waals surface area contributed by atoms with Gasteiger partial charge in [-0.25, -0.2) is 8.42 Å². The maximum Gasteiger partial charge on any atom is 0.264 e. The number of nitrogens with one attached hydrogen (secondary N) is 1. The zero-order valence-electron chi connectivity index (χ0n) is 19.0. The highest BCUT2D eigenvalue weighted by Gasteiger charge is 2.41. The lowest BCUT2D eigenvalue weighted by atomic mass is 9.91. The van der Waals surface area contributed by atoms with Crippen molar-refractivity contribution in [1.29, 1.82) is 0 Å². The molecular formula is C21H30N6O4S. The van der Waals surface area contributed by atoms with Crippen LogP contribution in [0.3, 0.4) is 0 Å². The van der Waals surface area contributed by atoms with Crippen LogP contribution in [0, 0.1) is 5.92 Å². The quantitative estimate of drug-likeness (QED) is 0.591. The topological polar surface area (TPSA) is 138 Å². The van der Waals surface area contributed by atoms with Gasteiger partial charge in [-0.3, -0.25) is 14.6 Å². The normalized spacial score (nSPS) is 18.9. The molecule has 0 amide bonds. The summed E-state index contributed by atoms with van der Waals surface area (Å²) in [5, 5.41) is 12.0. The van der Waals surface area contributed by atoms with Gasteiger partial charge >= 0.3 is 0 Å². The SMILES string of the molecule is COC1(c2cc(-c3cn([C@@H](C)C(C)C)c(=O)c4c(N)n[nH]c34)nn2C)CCS(=O)(=O)CC1. The first kappa shape index (κ1) is 22.5. The number of nitrogens with two attached hydrogens (primary N) is 1. The van der Waals surface area contributed by atoms with E-state index in [1.165, 1.54) is 0 Å². The van der Waals surface area contributed by atoms with Crippen molar-refractivity contribution < 1.29 is 13.2 Å². The third-order valence-electron chi connectivity index (χ3n) is 6.83. The zero-order chi connectivity index (χ0) is 23.4. The van der Waals surface area contributed by atoms with Crippen LogP contribution in [-0.4, -0.2) is 51.6 Å². The number of rotatable bonds is 5. The molecule has 3 N–H and O–H groups in total. The molecule has 1 aliphatic heterocycles.